The van der Waals surface area contributed by atoms with Crippen molar-refractivity contribution in [2.75, 3.05) is 18.1 Å². The van der Waals surface area contributed by atoms with Gasteiger partial charge < -0.3 is 4.84 Å². The van der Waals surface area contributed by atoms with E-state index in [4.69, 9.17) is 4.84 Å². The maximum absolute atomic E-state index is 11.6. The van der Waals surface area contributed by atoms with Gasteiger partial charge >= 0.3 is 0 Å². The lowest BCUT2D eigenvalue weighted by molar-refractivity contribution is 0.0461. The average molecular weight is 287 g/mol. The van der Waals surface area contributed by atoms with E-state index in [2.05, 4.69) is 10.6 Å². The van der Waals surface area contributed by atoms with Crippen molar-refractivity contribution in [1.82, 2.24) is 15.3 Å². The summed E-state index contributed by atoms with van der Waals surface area (Å²) in [6, 6.07) is -0.0236. The van der Waals surface area contributed by atoms with Crippen LogP contribution in [0.4, 0.5) is 0 Å². The molecule has 1 saturated heterocycles. The van der Waals surface area contributed by atoms with Gasteiger partial charge in [-0.3, -0.25) is 4.68 Å². The number of hydrogen-bond donors (Lipinski definition) is 1. The molecule has 1 aliphatic heterocycles. The topological polar surface area (TPSA) is 73.2 Å². The van der Waals surface area contributed by atoms with E-state index in [0.29, 0.717) is 19.6 Å². The van der Waals surface area contributed by atoms with Gasteiger partial charge in [0.1, 0.15) is 0 Å². The van der Waals surface area contributed by atoms with Gasteiger partial charge in [-0.25, -0.2) is 8.42 Å². The normalized spacial score (nSPS) is 21.9. The Morgan fingerprint density at radius 3 is 2.79 bits per heavy atom. The molecular weight excluding hydrogens is 266 g/mol. The summed E-state index contributed by atoms with van der Waals surface area (Å²) >= 11 is 0. The van der Waals surface area contributed by atoms with Crippen molar-refractivity contribution >= 4 is 9.84 Å². The van der Waals surface area contributed by atoms with Crippen LogP contribution in [-0.2, 0) is 21.2 Å². The summed E-state index contributed by atoms with van der Waals surface area (Å²) in [5.41, 5.74) is 5.91. The van der Waals surface area contributed by atoms with Gasteiger partial charge in [-0.1, -0.05) is 0 Å². The molecule has 1 atom stereocenters. The van der Waals surface area contributed by atoms with Crippen LogP contribution in [0.5, 0.6) is 0 Å². The van der Waals surface area contributed by atoms with Crippen LogP contribution in [0.1, 0.15) is 36.3 Å². The molecule has 2 rings (SSSR count). The monoisotopic (exact) mass is 287 g/mol. The third-order valence-corrected chi connectivity index (χ3v) is 5.27. The van der Waals surface area contributed by atoms with Crippen molar-refractivity contribution in [2.24, 2.45) is 0 Å². The van der Waals surface area contributed by atoms with E-state index in [1.807, 2.05) is 25.5 Å². The first-order valence-electron chi connectivity index (χ1n) is 6.54. The molecule has 108 valence electrons. The summed E-state index contributed by atoms with van der Waals surface area (Å²) in [4.78, 5) is 5.13. The molecule has 0 bridgehead atoms. The summed E-state index contributed by atoms with van der Waals surface area (Å²) in [5.74, 6) is 0.468. The molecule has 0 amide bonds. The summed E-state index contributed by atoms with van der Waals surface area (Å²) in [5, 5.41) is 4.49. The smallest absolute Gasteiger partial charge is 0.152 e. The summed E-state index contributed by atoms with van der Waals surface area (Å²) < 4.78 is 25.0. The highest BCUT2D eigenvalue weighted by molar-refractivity contribution is 7.91. The Labute approximate surface area is 114 Å². The van der Waals surface area contributed by atoms with Crippen LogP contribution in [0.3, 0.4) is 0 Å². The van der Waals surface area contributed by atoms with E-state index in [9.17, 15) is 8.42 Å². The van der Waals surface area contributed by atoms with Crippen LogP contribution < -0.4 is 5.48 Å². The zero-order valence-corrected chi connectivity index (χ0v) is 12.5. The second-order valence-electron chi connectivity index (χ2n) is 4.90. The van der Waals surface area contributed by atoms with Gasteiger partial charge in [0.05, 0.1) is 29.8 Å². The molecule has 1 N–H and O–H groups in total. The second-order valence-corrected chi connectivity index (χ2v) is 7.13. The Bertz CT molecular complexity index is 551. The van der Waals surface area contributed by atoms with Crippen molar-refractivity contribution in [3.05, 3.63) is 17.0 Å². The fourth-order valence-corrected chi connectivity index (χ4v) is 4.19. The Hall–Kier alpha value is -0.920. The Kier molecular flexibility index (Phi) is 4.27. The molecule has 0 aliphatic carbocycles. The molecule has 19 heavy (non-hydrogen) atoms. The van der Waals surface area contributed by atoms with E-state index in [-0.39, 0.29) is 17.5 Å². The third-order valence-electron chi connectivity index (χ3n) is 3.52. The molecule has 0 saturated carbocycles. The number of hydrogen-bond acceptors (Lipinski definition) is 5. The average Bonchev–Trinajstić information content (AvgIpc) is 2.83. The van der Waals surface area contributed by atoms with E-state index in [1.165, 1.54) is 0 Å². The SMILES string of the molecule is CCONCc1c(C)nn(C2CCS(=O)(=O)C2)c1C. The lowest BCUT2D eigenvalue weighted by atomic mass is 10.2. The van der Waals surface area contributed by atoms with Gasteiger partial charge in [-0.15, -0.1) is 0 Å². The molecule has 1 aromatic rings. The van der Waals surface area contributed by atoms with Gasteiger partial charge in [-0.05, 0) is 27.2 Å². The van der Waals surface area contributed by atoms with Crippen molar-refractivity contribution < 1.29 is 13.3 Å². The lowest BCUT2D eigenvalue weighted by Gasteiger charge is -2.11. The van der Waals surface area contributed by atoms with Crippen molar-refractivity contribution in [2.45, 2.75) is 39.8 Å². The fourth-order valence-electron chi connectivity index (χ4n) is 2.50. The molecular formula is C12H21N3O3S. The largest absolute Gasteiger partial charge is 0.302 e. The van der Waals surface area contributed by atoms with Crippen LogP contribution in [0, 0.1) is 13.8 Å². The van der Waals surface area contributed by atoms with Crippen LogP contribution in [-0.4, -0.2) is 36.3 Å². The van der Waals surface area contributed by atoms with Crippen molar-refractivity contribution in [3.8, 4) is 0 Å². The molecule has 0 aromatic carbocycles. The van der Waals surface area contributed by atoms with Crippen LogP contribution >= 0.6 is 0 Å². The molecule has 0 radical (unpaired) electrons. The number of aryl methyl sites for hydroxylation is 1. The van der Waals surface area contributed by atoms with Crippen LogP contribution in [0.25, 0.3) is 0 Å². The van der Waals surface area contributed by atoms with Gasteiger partial charge in [0.25, 0.3) is 0 Å². The third kappa shape index (κ3) is 3.16. The zero-order chi connectivity index (χ0) is 14.0. The highest BCUT2D eigenvalue weighted by Crippen LogP contribution is 2.26. The fraction of sp³-hybridized carbons (Fsp3) is 0.750. The predicted octanol–water partition coefficient (Wildman–Crippen LogP) is 0.901. The summed E-state index contributed by atoms with van der Waals surface area (Å²) in [7, 11) is -2.89. The van der Waals surface area contributed by atoms with Crippen molar-refractivity contribution in [1.29, 1.82) is 0 Å². The molecule has 1 unspecified atom stereocenters. The Balaban J connectivity index is 2.17. The van der Waals surface area contributed by atoms with E-state index in [1.54, 1.807) is 0 Å². The molecule has 1 aliphatic rings. The maximum Gasteiger partial charge on any atom is 0.152 e. The van der Waals surface area contributed by atoms with Gasteiger partial charge in [-0.2, -0.15) is 10.6 Å². The minimum atomic E-state index is -2.89. The molecule has 0 spiro atoms. The number of aromatic nitrogens is 2. The minimum Gasteiger partial charge on any atom is -0.302 e. The number of hydroxylamine groups is 1. The van der Waals surface area contributed by atoms with Gasteiger partial charge in [0, 0.05) is 17.8 Å². The quantitative estimate of drug-likeness (QED) is 0.643. The predicted molar refractivity (Wildman–Crippen MR) is 72.5 cm³/mol. The minimum absolute atomic E-state index is 0.0236. The highest BCUT2D eigenvalue weighted by atomic mass is 32.2. The maximum atomic E-state index is 11.6. The first kappa shape index (κ1) is 14.5. The van der Waals surface area contributed by atoms with Gasteiger partial charge in [0.2, 0.25) is 0 Å². The lowest BCUT2D eigenvalue weighted by Crippen LogP contribution is -2.16. The summed E-state index contributed by atoms with van der Waals surface area (Å²) in [6.07, 6.45) is 0.655. The molecule has 1 fully saturated rings. The van der Waals surface area contributed by atoms with Crippen LogP contribution in [0.2, 0.25) is 0 Å². The van der Waals surface area contributed by atoms with Crippen LogP contribution in [0.15, 0.2) is 0 Å². The number of nitrogens with zero attached hydrogens (tertiary/aromatic N) is 2. The molecule has 1 aromatic heterocycles. The molecule has 6 nitrogen and oxygen atoms in total. The van der Waals surface area contributed by atoms with E-state index < -0.39 is 9.84 Å². The number of rotatable bonds is 5. The van der Waals surface area contributed by atoms with E-state index >= 15 is 0 Å². The first-order valence-corrected chi connectivity index (χ1v) is 8.36. The second kappa shape index (κ2) is 5.60. The van der Waals surface area contributed by atoms with Crippen molar-refractivity contribution in [3.63, 3.8) is 0 Å². The molecule has 7 heteroatoms. The Morgan fingerprint density at radius 1 is 1.47 bits per heavy atom. The Morgan fingerprint density at radius 2 is 2.21 bits per heavy atom. The highest BCUT2D eigenvalue weighted by Gasteiger charge is 2.31. The van der Waals surface area contributed by atoms with Gasteiger partial charge in [0.15, 0.2) is 9.84 Å². The standard InChI is InChI=1S/C12H21N3O3S/c1-4-18-13-7-12-9(2)14-15(10(12)3)11-5-6-19(16,17)8-11/h11,13H,4-8H2,1-3H3. The zero-order valence-electron chi connectivity index (χ0n) is 11.6. The summed E-state index contributed by atoms with van der Waals surface area (Å²) in [6.45, 7) is 7.03. The number of nitrogens with one attached hydrogen (secondary N) is 1. The van der Waals surface area contributed by atoms with E-state index in [0.717, 1.165) is 17.0 Å². The first-order chi connectivity index (χ1) is 8.94. The molecule has 2 heterocycles. The number of sulfone groups is 1.